The van der Waals surface area contributed by atoms with Crippen LogP contribution in [0, 0.1) is 28.6 Å². The molecule has 4 nitrogen and oxygen atoms in total. The third-order valence-electron chi connectivity index (χ3n) is 9.64. The summed E-state index contributed by atoms with van der Waals surface area (Å²) in [6, 6.07) is 4.85. The molecule has 0 heterocycles. The summed E-state index contributed by atoms with van der Waals surface area (Å²) in [5, 5.41) is 23.2. The van der Waals surface area contributed by atoms with E-state index in [-0.39, 0.29) is 42.1 Å². The van der Waals surface area contributed by atoms with Gasteiger partial charge in [-0.15, -0.1) is 11.8 Å². The fourth-order valence-electron chi connectivity index (χ4n) is 7.82. The summed E-state index contributed by atoms with van der Waals surface area (Å²) in [6.07, 6.45) is 2.69. The number of carbonyl (C=O) groups excluding carboxylic acids is 2. The molecule has 0 aromatic heterocycles. The Kier molecular flexibility index (Phi) is 6.12. The number of aliphatic hydroxyl groups is 2. The van der Waals surface area contributed by atoms with Gasteiger partial charge in [0.1, 0.15) is 5.60 Å². The molecular weight excluding hydrogens is 489 g/mol. The lowest BCUT2D eigenvalue weighted by Gasteiger charge is -2.59. The average Bonchev–Trinajstić information content (AvgIpc) is 3.08. The van der Waals surface area contributed by atoms with Crippen LogP contribution in [0.1, 0.15) is 51.5 Å². The molecule has 5 unspecified atom stereocenters. The molecule has 0 aliphatic heterocycles. The monoisotopic (exact) mass is 520 g/mol. The zero-order chi connectivity index (χ0) is 26.1. The molecule has 194 valence electrons. The van der Waals surface area contributed by atoms with Crippen molar-refractivity contribution in [3.8, 4) is 0 Å². The average molecular weight is 521 g/mol. The summed E-state index contributed by atoms with van der Waals surface area (Å²) < 4.78 is 39.2. The summed E-state index contributed by atoms with van der Waals surface area (Å²) >= 11 is 1.000. The van der Waals surface area contributed by atoms with Crippen molar-refractivity contribution in [3.63, 3.8) is 0 Å². The predicted molar refractivity (Wildman–Crippen MR) is 130 cm³/mol. The minimum absolute atomic E-state index is 0.0304. The summed E-state index contributed by atoms with van der Waals surface area (Å²) in [4.78, 5) is 25.7. The second kappa shape index (κ2) is 8.57. The first-order valence-corrected chi connectivity index (χ1v) is 13.5. The SMILES string of the molecule is CC12C=CC(=O)C=C1CCC1C2[C@@H](O)CC2(C)C1CC[C@]2(O)C(=O)CSc1cccc(C(F)(F)F)c1. The van der Waals surface area contributed by atoms with E-state index in [2.05, 4.69) is 6.92 Å². The number of allylic oxidation sites excluding steroid dienone is 4. The third kappa shape index (κ3) is 3.82. The molecule has 4 aliphatic carbocycles. The van der Waals surface area contributed by atoms with Crippen molar-refractivity contribution in [2.75, 3.05) is 5.75 Å². The van der Waals surface area contributed by atoms with Crippen LogP contribution in [-0.2, 0) is 15.8 Å². The highest BCUT2D eigenvalue weighted by molar-refractivity contribution is 8.00. The van der Waals surface area contributed by atoms with Crippen LogP contribution >= 0.6 is 11.8 Å². The van der Waals surface area contributed by atoms with Gasteiger partial charge in [0.15, 0.2) is 11.6 Å². The van der Waals surface area contributed by atoms with Crippen LogP contribution in [0.5, 0.6) is 0 Å². The minimum atomic E-state index is -4.47. The van der Waals surface area contributed by atoms with Crippen LogP contribution in [0.4, 0.5) is 13.2 Å². The molecule has 1 aromatic rings. The van der Waals surface area contributed by atoms with Crippen LogP contribution in [-0.4, -0.2) is 39.2 Å². The Morgan fingerprint density at radius 1 is 1.22 bits per heavy atom. The normalized spacial score (nSPS) is 39.8. The number of carbonyl (C=O) groups is 2. The molecule has 1 aromatic carbocycles. The summed E-state index contributed by atoms with van der Waals surface area (Å²) in [5.41, 5.74) is -2.63. The minimum Gasteiger partial charge on any atom is -0.393 e. The standard InChI is InChI=1S/C28H31F3O4S/c1-25-10-8-18(32)12-16(25)6-7-20-21-9-11-27(35,26(21,2)14-22(33)24(20)25)23(34)15-36-19-5-3-4-17(13-19)28(29,30)31/h3-5,8,10,12-13,20-22,24,33,35H,6-7,9,11,14-15H2,1-2H3/t20?,21?,22-,24?,25?,26?,27-/m0/s1. The van der Waals surface area contributed by atoms with E-state index < -0.39 is 40.1 Å². The molecule has 3 saturated carbocycles. The second-order valence-corrected chi connectivity index (χ2v) is 12.4. The van der Waals surface area contributed by atoms with Crippen LogP contribution in [0.3, 0.4) is 0 Å². The van der Waals surface area contributed by atoms with Crippen LogP contribution in [0.25, 0.3) is 0 Å². The molecule has 0 saturated heterocycles. The number of thioether (sulfide) groups is 1. The highest BCUT2D eigenvalue weighted by Crippen LogP contribution is 2.67. The summed E-state index contributed by atoms with van der Waals surface area (Å²) in [5.74, 6) is -0.544. The lowest BCUT2D eigenvalue weighted by Crippen LogP contribution is -2.61. The Morgan fingerprint density at radius 3 is 2.69 bits per heavy atom. The van der Waals surface area contributed by atoms with E-state index in [0.717, 1.165) is 42.3 Å². The molecule has 0 spiro atoms. The first kappa shape index (κ1) is 25.7. The number of alkyl halides is 3. The van der Waals surface area contributed by atoms with Gasteiger partial charge in [0.2, 0.25) is 0 Å². The first-order valence-electron chi connectivity index (χ1n) is 12.5. The zero-order valence-corrected chi connectivity index (χ0v) is 21.2. The van der Waals surface area contributed by atoms with Gasteiger partial charge in [-0.05, 0) is 74.3 Å². The van der Waals surface area contributed by atoms with Crippen molar-refractivity contribution in [2.45, 2.75) is 68.7 Å². The lowest BCUT2D eigenvalue weighted by atomic mass is 9.46. The number of hydrogen-bond acceptors (Lipinski definition) is 5. The number of Topliss-reactive ketones (excluding diaryl/α,β-unsaturated/α-hetero) is 1. The fourth-order valence-corrected chi connectivity index (χ4v) is 8.74. The molecular formula is C28H31F3O4S. The Hall–Kier alpha value is -1.90. The lowest BCUT2D eigenvalue weighted by molar-refractivity contribution is -0.174. The van der Waals surface area contributed by atoms with Crippen molar-refractivity contribution in [1.82, 2.24) is 0 Å². The molecule has 0 amide bonds. The van der Waals surface area contributed by atoms with Crippen molar-refractivity contribution >= 4 is 23.3 Å². The van der Waals surface area contributed by atoms with E-state index >= 15 is 0 Å². The highest BCUT2D eigenvalue weighted by Gasteiger charge is 2.67. The van der Waals surface area contributed by atoms with Gasteiger partial charge in [-0.1, -0.05) is 31.6 Å². The molecule has 2 N–H and O–H groups in total. The van der Waals surface area contributed by atoms with Gasteiger partial charge in [0, 0.05) is 21.6 Å². The Bertz CT molecular complexity index is 1160. The van der Waals surface area contributed by atoms with E-state index in [4.69, 9.17) is 0 Å². The van der Waals surface area contributed by atoms with Crippen molar-refractivity contribution < 1.29 is 33.0 Å². The van der Waals surface area contributed by atoms with Crippen molar-refractivity contribution in [3.05, 3.63) is 53.6 Å². The van der Waals surface area contributed by atoms with E-state index in [1.165, 1.54) is 12.1 Å². The Morgan fingerprint density at radius 2 is 1.97 bits per heavy atom. The van der Waals surface area contributed by atoms with Crippen molar-refractivity contribution in [2.24, 2.45) is 28.6 Å². The Balaban J connectivity index is 1.37. The van der Waals surface area contributed by atoms with Gasteiger partial charge < -0.3 is 10.2 Å². The van der Waals surface area contributed by atoms with E-state index in [0.29, 0.717) is 11.3 Å². The molecule has 7 atom stereocenters. The third-order valence-corrected chi connectivity index (χ3v) is 10.6. The fraction of sp³-hybridized carbons (Fsp3) is 0.571. The maximum Gasteiger partial charge on any atom is 0.416 e. The van der Waals surface area contributed by atoms with Gasteiger partial charge in [0.25, 0.3) is 0 Å². The maximum atomic E-state index is 13.4. The molecule has 0 bridgehead atoms. The van der Waals surface area contributed by atoms with E-state index in [1.54, 1.807) is 12.2 Å². The molecule has 8 heteroatoms. The van der Waals surface area contributed by atoms with Gasteiger partial charge >= 0.3 is 6.18 Å². The number of benzene rings is 1. The molecule has 36 heavy (non-hydrogen) atoms. The maximum absolute atomic E-state index is 13.4. The number of fused-ring (bicyclic) bond motifs is 5. The zero-order valence-electron chi connectivity index (χ0n) is 20.3. The number of hydrogen-bond donors (Lipinski definition) is 2. The van der Waals surface area contributed by atoms with Gasteiger partial charge in [-0.25, -0.2) is 0 Å². The van der Waals surface area contributed by atoms with Gasteiger partial charge in [-0.3, -0.25) is 9.59 Å². The number of rotatable bonds is 4. The van der Waals surface area contributed by atoms with E-state index in [9.17, 15) is 33.0 Å². The first-order chi connectivity index (χ1) is 16.8. The number of halogens is 3. The number of aliphatic hydroxyl groups excluding tert-OH is 1. The van der Waals surface area contributed by atoms with E-state index in [1.807, 2.05) is 13.0 Å². The smallest absolute Gasteiger partial charge is 0.393 e. The quantitative estimate of drug-likeness (QED) is 0.522. The summed E-state index contributed by atoms with van der Waals surface area (Å²) in [6.45, 7) is 3.97. The highest BCUT2D eigenvalue weighted by atomic mass is 32.2. The largest absolute Gasteiger partial charge is 0.416 e. The van der Waals surface area contributed by atoms with Gasteiger partial charge in [-0.2, -0.15) is 13.2 Å². The second-order valence-electron chi connectivity index (χ2n) is 11.3. The molecule has 5 rings (SSSR count). The Labute approximate surface area is 213 Å². The molecule has 3 fully saturated rings. The van der Waals surface area contributed by atoms with Crippen LogP contribution in [0.15, 0.2) is 53.0 Å². The predicted octanol–water partition coefficient (Wildman–Crippen LogP) is 5.38. The van der Waals surface area contributed by atoms with Crippen molar-refractivity contribution in [1.29, 1.82) is 0 Å². The van der Waals surface area contributed by atoms with Crippen LogP contribution < -0.4 is 0 Å². The van der Waals surface area contributed by atoms with Crippen LogP contribution in [0.2, 0.25) is 0 Å². The van der Waals surface area contributed by atoms with Gasteiger partial charge in [0.05, 0.1) is 17.4 Å². The number of ketones is 2. The molecule has 0 radical (unpaired) electrons. The molecule has 4 aliphatic rings. The topological polar surface area (TPSA) is 74.6 Å². The summed E-state index contributed by atoms with van der Waals surface area (Å²) in [7, 11) is 0.